The molecule has 1 aromatic rings. The Balaban J connectivity index is 0.00000200. The molecule has 5 heteroatoms. The van der Waals surface area contributed by atoms with E-state index >= 15 is 0 Å². The minimum atomic E-state index is -0.359. The van der Waals surface area contributed by atoms with Crippen LogP contribution in [0.15, 0.2) is 18.2 Å². The van der Waals surface area contributed by atoms with Gasteiger partial charge in [-0.2, -0.15) is 0 Å². The number of fused-ring (bicyclic) bond motifs is 1. The van der Waals surface area contributed by atoms with Crippen molar-refractivity contribution >= 4 is 6.09 Å². The second-order valence-electron chi connectivity index (χ2n) is 4.91. The summed E-state index contributed by atoms with van der Waals surface area (Å²) < 4.78 is 5.29. The van der Waals surface area contributed by atoms with Gasteiger partial charge in [-0.15, -0.1) is 6.42 Å². The maximum atomic E-state index is 11.5. The second-order valence-corrected chi connectivity index (χ2v) is 4.91. The maximum Gasteiger partial charge on any atom is 0.414 e. The van der Waals surface area contributed by atoms with Crippen LogP contribution in [0.4, 0.5) is 4.79 Å². The number of rotatable bonds is 3. The third-order valence-corrected chi connectivity index (χ3v) is 3.33. The van der Waals surface area contributed by atoms with Crippen molar-refractivity contribution in [2.45, 2.75) is 18.9 Å². The molecule has 0 saturated carbocycles. The smallest absolute Gasteiger partial charge is 0.414 e. The van der Waals surface area contributed by atoms with Crippen molar-refractivity contribution in [3.05, 3.63) is 29.3 Å². The molecular formula is C15H19ClN2O2. The predicted molar refractivity (Wildman–Crippen MR) is 72.8 cm³/mol. The number of carbonyl (C=O) groups excluding carboxylic acids is 1. The fourth-order valence-electron chi connectivity index (χ4n) is 2.32. The highest BCUT2D eigenvalue weighted by Gasteiger charge is 2.25. The fraction of sp³-hybridized carbons (Fsp3) is 0.400. The molecule has 1 aliphatic carbocycles. The number of hydrogen-bond donors (Lipinski definition) is 1. The van der Waals surface area contributed by atoms with Gasteiger partial charge in [0.25, 0.3) is 0 Å². The summed E-state index contributed by atoms with van der Waals surface area (Å²) in [5.41, 5.74) is 2.56. The largest absolute Gasteiger partial charge is 1.00 e. The van der Waals surface area contributed by atoms with E-state index in [1.807, 2.05) is 18.2 Å². The molecule has 0 radical (unpaired) electrons. The number of amides is 1. The van der Waals surface area contributed by atoms with Gasteiger partial charge in [-0.1, -0.05) is 6.07 Å². The van der Waals surface area contributed by atoms with Gasteiger partial charge in [0, 0.05) is 26.1 Å². The third-order valence-electron chi connectivity index (χ3n) is 3.33. The lowest BCUT2D eigenvalue weighted by Gasteiger charge is -2.13. The van der Waals surface area contributed by atoms with Crippen LogP contribution in [0, 0.1) is 12.3 Å². The summed E-state index contributed by atoms with van der Waals surface area (Å²) in [6.45, 7) is 0.672. The van der Waals surface area contributed by atoms with Crippen LogP contribution in [0.2, 0.25) is 0 Å². The van der Waals surface area contributed by atoms with Gasteiger partial charge in [-0.3, -0.25) is 0 Å². The number of aryl methyl sites for hydroxylation is 1. The lowest BCUT2D eigenvalue weighted by atomic mass is 10.1. The monoisotopic (exact) mass is 294 g/mol. The van der Waals surface area contributed by atoms with Crippen LogP contribution in [0.25, 0.3) is 0 Å². The zero-order chi connectivity index (χ0) is 13.8. The number of nitrogens with two attached hydrogens (primary N) is 1. The Morgan fingerprint density at radius 2 is 2.30 bits per heavy atom. The standard InChI is InChI=1S/C15H18N2O2.ClH/c1-4-9-16-14-8-6-11-5-7-12(10-13(11)14)19-15(18)17(2)3;/h1,5,7,10,14,16H,6,8-9H2,2-3H3;1H/t14-;/m0./s1. The Labute approximate surface area is 125 Å². The molecule has 108 valence electrons. The average molecular weight is 295 g/mol. The van der Waals surface area contributed by atoms with Gasteiger partial charge in [0.15, 0.2) is 0 Å². The van der Waals surface area contributed by atoms with Crippen molar-refractivity contribution in [3.63, 3.8) is 0 Å². The summed E-state index contributed by atoms with van der Waals surface area (Å²) in [7, 11) is 3.33. The first-order valence-corrected chi connectivity index (χ1v) is 6.40. The van der Waals surface area contributed by atoms with Gasteiger partial charge < -0.3 is 27.4 Å². The summed E-state index contributed by atoms with van der Waals surface area (Å²) in [4.78, 5) is 12.9. The fourth-order valence-corrected chi connectivity index (χ4v) is 2.32. The molecule has 1 aromatic carbocycles. The van der Waals surface area contributed by atoms with Crippen LogP contribution in [0.1, 0.15) is 23.6 Å². The lowest BCUT2D eigenvalue weighted by molar-refractivity contribution is -0.685. The number of carbonyl (C=O) groups is 1. The van der Waals surface area contributed by atoms with E-state index in [1.54, 1.807) is 14.1 Å². The summed E-state index contributed by atoms with van der Waals surface area (Å²) in [5, 5.41) is 2.16. The van der Waals surface area contributed by atoms with Crippen molar-refractivity contribution in [2.24, 2.45) is 0 Å². The van der Waals surface area contributed by atoms with E-state index < -0.39 is 0 Å². The van der Waals surface area contributed by atoms with E-state index in [0.717, 1.165) is 12.8 Å². The highest BCUT2D eigenvalue weighted by atomic mass is 35.5. The van der Waals surface area contributed by atoms with Crippen LogP contribution in [-0.4, -0.2) is 31.6 Å². The molecule has 1 aliphatic rings. The molecule has 20 heavy (non-hydrogen) atoms. The number of quaternary nitrogens is 1. The van der Waals surface area contributed by atoms with Gasteiger partial charge in [-0.05, 0) is 30.0 Å². The van der Waals surface area contributed by atoms with E-state index in [-0.39, 0.29) is 18.5 Å². The number of benzene rings is 1. The van der Waals surface area contributed by atoms with Gasteiger partial charge >= 0.3 is 6.09 Å². The highest BCUT2D eigenvalue weighted by molar-refractivity contribution is 5.70. The molecular weight excluding hydrogens is 276 g/mol. The van der Waals surface area contributed by atoms with Crippen LogP contribution >= 0.6 is 0 Å². The van der Waals surface area contributed by atoms with Crippen molar-refractivity contribution in [2.75, 3.05) is 20.6 Å². The molecule has 4 nitrogen and oxygen atoms in total. The van der Waals surface area contributed by atoms with E-state index in [0.29, 0.717) is 18.3 Å². The van der Waals surface area contributed by atoms with Gasteiger partial charge in [0.1, 0.15) is 18.3 Å². The molecule has 0 spiro atoms. The first-order chi connectivity index (χ1) is 9.11. The van der Waals surface area contributed by atoms with Crippen molar-refractivity contribution in [3.8, 4) is 18.1 Å². The zero-order valence-corrected chi connectivity index (χ0v) is 12.5. The van der Waals surface area contributed by atoms with Gasteiger partial charge in [-0.25, -0.2) is 4.79 Å². The Kier molecular flexibility index (Phi) is 5.87. The van der Waals surface area contributed by atoms with Crippen LogP contribution < -0.4 is 22.5 Å². The van der Waals surface area contributed by atoms with Crippen LogP contribution in [-0.2, 0) is 6.42 Å². The molecule has 0 heterocycles. The average Bonchev–Trinajstić information content (AvgIpc) is 2.78. The number of nitrogens with zero attached hydrogens (tertiary/aromatic N) is 1. The molecule has 0 aromatic heterocycles. The van der Waals surface area contributed by atoms with E-state index in [1.165, 1.54) is 16.0 Å². The first-order valence-electron chi connectivity index (χ1n) is 6.40. The summed E-state index contributed by atoms with van der Waals surface area (Å²) in [6, 6.07) is 6.23. The van der Waals surface area contributed by atoms with E-state index in [4.69, 9.17) is 11.2 Å². The number of terminal acetylenes is 1. The number of halogens is 1. The van der Waals surface area contributed by atoms with Crippen molar-refractivity contribution < 1.29 is 27.3 Å². The molecule has 0 fully saturated rings. The minimum absolute atomic E-state index is 0. The maximum absolute atomic E-state index is 11.5. The third kappa shape index (κ3) is 3.66. The molecule has 0 bridgehead atoms. The van der Waals surface area contributed by atoms with E-state index in [9.17, 15) is 4.79 Å². The van der Waals surface area contributed by atoms with Crippen LogP contribution in [0.3, 0.4) is 0 Å². The Morgan fingerprint density at radius 1 is 1.55 bits per heavy atom. The Hall–Kier alpha value is -1.70. The Morgan fingerprint density at radius 3 is 2.95 bits per heavy atom. The zero-order valence-electron chi connectivity index (χ0n) is 11.7. The summed E-state index contributed by atoms with van der Waals surface area (Å²) in [5.74, 6) is 3.24. The molecule has 0 saturated heterocycles. The molecule has 2 N–H and O–H groups in total. The van der Waals surface area contributed by atoms with Gasteiger partial charge in [0.05, 0.1) is 0 Å². The van der Waals surface area contributed by atoms with Crippen molar-refractivity contribution in [1.29, 1.82) is 0 Å². The van der Waals surface area contributed by atoms with Crippen molar-refractivity contribution in [1.82, 2.24) is 4.90 Å². The minimum Gasteiger partial charge on any atom is -1.00 e. The summed E-state index contributed by atoms with van der Waals surface area (Å²) in [6.07, 6.45) is 7.08. The normalized spacial score (nSPS) is 15.8. The molecule has 1 amide bonds. The van der Waals surface area contributed by atoms with E-state index in [2.05, 4.69) is 11.2 Å². The van der Waals surface area contributed by atoms with Crippen LogP contribution in [0.5, 0.6) is 5.75 Å². The molecule has 0 unspecified atom stereocenters. The second kappa shape index (κ2) is 7.18. The highest BCUT2D eigenvalue weighted by Crippen LogP contribution is 2.31. The Bertz CT molecular complexity index is 523. The summed E-state index contributed by atoms with van der Waals surface area (Å²) >= 11 is 0. The number of ether oxygens (including phenoxy) is 1. The van der Waals surface area contributed by atoms with Gasteiger partial charge in [0.2, 0.25) is 0 Å². The lowest BCUT2D eigenvalue weighted by Crippen LogP contribution is -3.00. The molecule has 1 atom stereocenters. The topological polar surface area (TPSA) is 46.1 Å². The first kappa shape index (κ1) is 16.4. The quantitative estimate of drug-likeness (QED) is 0.652. The molecule has 2 rings (SSSR count). The predicted octanol–water partition coefficient (Wildman–Crippen LogP) is -2.07. The SMILES string of the molecule is C#CC[NH2+][C@H]1CCc2ccc(OC(=O)N(C)C)cc21.[Cl-]. The number of hydrogen-bond acceptors (Lipinski definition) is 2. The molecule has 0 aliphatic heterocycles.